The molecule has 162 valence electrons. The van der Waals surface area contributed by atoms with Gasteiger partial charge in [0.05, 0.1) is 11.8 Å². The Morgan fingerprint density at radius 3 is 2.72 bits per heavy atom. The predicted molar refractivity (Wildman–Crippen MR) is 124 cm³/mol. The lowest BCUT2D eigenvalue weighted by molar-refractivity contribution is 0.364. The number of hydrogen-bond donors (Lipinski definition) is 0. The minimum Gasteiger partial charge on any atom is -0.337 e. The van der Waals surface area contributed by atoms with E-state index in [2.05, 4.69) is 70.8 Å². The van der Waals surface area contributed by atoms with E-state index in [1.807, 2.05) is 12.1 Å². The van der Waals surface area contributed by atoms with Crippen LogP contribution in [0.5, 0.6) is 0 Å². The highest BCUT2D eigenvalue weighted by Gasteiger charge is 2.18. The van der Waals surface area contributed by atoms with Gasteiger partial charge in [-0.15, -0.1) is 0 Å². The number of fused-ring (bicyclic) bond motifs is 3. The minimum atomic E-state index is -0.118. The molecule has 3 heterocycles. The van der Waals surface area contributed by atoms with Crippen LogP contribution in [0.25, 0.3) is 21.9 Å². The zero-order valence-electron chi connectivity index (χ0n) is 18.5. The first-order valence-corrected chi connectivity index (χ1v) is 10.9. The van der Waals surface area contributed by atoms with E-state index >= 15 is 0 Å². The van der Waals surface area contributed by atoms with Crippen LogP contribution in [0.15, 0.2) is 58.1 Å². The number of aromatic nitrogens is 5. The Morgan fingerprint density at radius 2 is 1.91 bits per heavy atom. The number of aryl methyl sites for hydroxylation is 3. The Hall–Kier alpha value is -3.74. The molecule has 0 aliphatic rings. The lowest BCUT2D eigenvalue weighted by Gasteiger charge is -2.10. The third-order valence-corrected chi connectivity index (χ3v) is 5.86. The molecule has 0 spiro atoms. The van der Waals surface area contributed by atoms with Crippen molar-refractivity contribution in [3.63, 3.8) is 0 Å². The highest BCUT2D eigenvalue weighted by atomic mass is 16.5. The molecule has 0 atom stereocenters. The molecule has 0 N–H and O–H groups in total. The van der Waals surface area contributed by atoms with Crippen LogP contribution in [0.4, 0.5) is 0 Å². The SMILES string of the molecule is CCCc1noc(Cn2cnc3c4cc(C)ccc4n(Cc4ccccc4C)c3c2=O)n1. The lowest BCUT2D eigenvalue weighted by Crippen LogP contribution is -2.23. The van der Waals surface area contributed by atoms with Crippen molar-refractivity contribution in [2.45, 2.75) is 46.7 Å². The largest absolute Gasteiger partial charge is 0.337 e. The van der Waals surface area contributed by atoms with Crippen LogP contribution in [0.1, 0.15) is 41.8 Å². The minimum absolute atomic E-state index is 0.118. The van der Waals surface area contributed by atoms with E-state index in [1.165, 1.54) is 11.1 Å². The van der Waals surface area contributed by atoms with Gasteiger partial charge >= 0.3 is 0 Å². The summed E-state index contributed by atoms with van der Waals surface area (Å²) in [6.45, 7) is 7.00. The number of benzene rings is 2. The maximum absolute atomic E-state index is 13.6. The average Bonchev–Trinajstić information content (AvgIpc) is 3.34. The molecule has 0 saturated carbocycles. The standard InChI is InChI=1S/C25H25N5O2/c1-4-7-21-27-22(32-28-21)14-29-15-26-23-19-12-16(2)10-11-20(19)30(24(23)25(29)31)13-18-9-6-5-8-17(18)3/h5-6,8-12,15H,4,7,13-14H2,1-3H3. The summed E-state index contributed by atoms with van der Waals surface area (Å²) < 4.78 is 8.97. The fourth-order valence-corrected chi connectivity index (χ4v) is 4.17. The Labute approximate surface area is 185 Å². The predicted octanol–water partition coefficient (Wildman–Crippen LogP) is 4.40. The molecule has 0 bridgehead atoms. The first-order valence-electron chi connectivity index (χ1n) is 10.9. The molecule has 0 saturated heterocycles. The van der Waals surface area contributed by atoms with Crippen molar-refractivity contribution in [1.82, 2.24) is 24.3 Å². The normalized spacial score (nSPS) is 11.6. The Kier molecular flexibility index (Phi) is 5.09. The zero-order valence-corrected chi connectivity index (χ0v) is 18.5. The monoisotopic (exact) mass is 427 g/mol. The van der Waals surface area contributed by atoms with Crippen molar-refractivity contribution in [1.29, 1.82) is 0 Å². The van der Waals surface area contributed by atoms with Gasteiger partial charge in [0.25, 0.3) is 5.56 Å². The second kappa shape index (κ2) is 8.07. The molecule has 7 nitrogen and oxygen atoms in total. The van der Waals surface area contributed by atoms with Crippen LogP contribution >= 0.6 is 0 Å². The average molecular weight is 428 g/mol. The molecular weight excluding hydrogens is 402 g/mol. The van der Waals surface area contributed by atoms with Crippen LogP contribution in [0.3, 0.4) is 0 Å². The van der Waals surface area contributed by atoms with Crippen molar-refractivity contribution >= 4 is 21.9 Å². The summed E-state index contributed by atoms with van der Waals surface area (Å²) >= 11 is 0. The van der Waals surface area contributed by atoms with Crippen molar-refractivity contribution in [2.75, 3.05) is 0 Å². The second-order valence-electron chi connectivity index (χ2n) is 8.26. The second-order valence-corrected chi connectivity index (χ2v) is 8.26. The Morgan fingerprint density at radius 1 is 1.06 bits per heavy atom. The summed E-state index contributed by atoms with van der Waals surface area (Å²) in [5.41, 5.74) is 5.68. The molecule has 7 heteroatoms. The van der Waals surface area contributed by atoms with Crippen LogP contribution in [0, 0.1) is 13.8 Å². The molecule has 0 aliphatic heterocycles. The van der Waals surface area contributed by atoms with E-state index in [1.54, 1.807) is 10.9 Å². The van der Waals surface area contributed by atoms with E-state index in [-0.39, 0.29) is 12.1 Å². The molecule has 3 aromatic heterocycles. The van der Waals surface area contributed by atoms with Gasteiger partial charge in [0.15, 0.2) is 5.82 Å². The van der Waals surface area contributed by atoms with Crippen LogP contribution in [0.2, 0.25) is 0 Å². The van der Waals surface area contributed by atoms with Crippen molar-refractivity contribution in [3.05, 3.63) is 87.6 Å². The molecular formula is C25H25N5O2. The van der Waals surface area contributed by atoms with Gasteiger partial charge in [-0.2, -0.15) is 4.98 Å². The summed E-state index contributed by atoms with van der Waals surface area (Å²) in [6, 6.07) is 14.5. The highest BCUT2D eigenvalue weighted by Crippen LogP contribution is 2.28. The summed E-state index contributed by atoms with van der Waals surface area (Å²) in [4.78, 5) is 22.7. The topological polar surface area (TPSA) is 78.7 Å². The molecule has 0 radical (unpaired) electrons. The van der Waals surface area contributed by atoms with Gasteiger partial charge in [0.2, 0.25) is 5.89 Å². The fraction of sp³-hybridized carbons (Fsp3) is 0.280. The number of nitrogens with zero attached hydrogens (tertiary/aromatic N) is 5. The summed E-state index contributed by atoms with van der Waals surface area (Å²) in [5.74, 6) is 1.07. The third kappa shape index (κ3) is 3.49. The molecule has 0 unspecified atom stereocenters. The fourth-order valence-electron chi connectivity index (χ4n) is 4.17. The Bertz CT molecular complexity index is 1490. The third-order valence-electron chi connectivity index (χ3n) is 5.86. The van der Waals surface area contributed by atoms with Crippen molar-refractivity contribution in [3.8, 4) is 0 Å². The van der Waals surface area contributed by atoms with Gasteiger partial charge < -0.3 is 9.09 Å². The molecule has 0 fully saturated rings. The summed E-state index contributed by atoms with van der Waals surface area (Å²) in [5, 5.41) is 4.98. The quantitative estimate of drug-likeness (QED) is 0.401. The maximum atomic E-state index is 13.6. The van der Waals surface area contributed by atoms with Gasteiger partial charge in [-0.1, -0.05) is 48.0 Å². The van der Waals surface area contributed by atoms with Gasteiger partial charge in [-0.25, -0.2) is 4.98 Å². The van der Waals surface area contributed by atoms with Crippen LogP contribution < -0.4 is 5.56 Å². The van der Waals surface area contributed by atoms with E-state index in [0.717, 1.165) is 34.8 Å². The van der Waals surface area contributed by atoms with E-state index in [0.29, 0.717) is 23.8 Å². The molecule has 5 rings (SSSR count). The first-order chi connectivity index (χ1) is 15.5. The molecule has 32 heavy (non-hydrogen) atoms. The van der Waals surface area contributed by atoms with E-state index < -0.39 is 0 Å². The molecule has 5 aromatic rings. The highest BCUT2D eigenvalue weighted by molar-refractivity contribution is 6.05. The van der Waals surface area contributed by atoms with Crippen molar-refractivity contribution in [2.24, 2.45) is 0 Å². The number of hydrogen-bond acceptors (Lipinski definition) is 5. The van der Waals surface area contributed by atoms with Gasteiger partial charge in [0, 0.05) is 18.4 Å². The van der Waals surface area contributed by atoms with Crippen LogP contribution in [-0.4, -0.2) is 24.3 Å². The van der Waals surface area contributed by atoms with E-state index in [4.69, 9.17) is 4.52 Å². The zero-order chi connectivity index (χ0) is 22.2. The molecule has 2 aromatic carbocycles. The van der Waals surface area contributed by atoms with Crippen LogP contribution in [-0.2, 0) is 19.5 Å². The van der Waals surface area contributed by atoms with E-state index in [9.17, 15) is 4.79 Å². The maximum Gasteiger partial charge on any atom is 0.278 e. The lowest BCUT2D eigenvalue weighted by atomic mass is 10.1. The summed E-state index contributed by atoms with van der Waals surface area (Å²) in [6.07, 6.45) is 3.26. The van der Waals surface area contributed by atoms with Crippen molar-refractivity contribution < 1.29 is 4.52 Å². The number of rotatable bonds is 6. The van der Waals surface area contributed by atoms with Gasteiger partial charge in [-0.05, 0) is 43.5 Å². The summed E-state index contributed by atoms with van der Waals surface area (Å²) in [7, 11) is 0. The molecule has 0 aliphatic carbocycles. The van der Waals surface area contributed by atoms with Gasteiger partial charge in [-0.3, -0.25) is 9.36 Å². The molecule has 0 amide bonds. The Balaban J connectivity index is 1.68. The smallest absolute Gasteiger partial charge is 0.278 e. The first kappa shape index (κ1) is 20.2. The van der Waals surface area contributed by atoms with Gasteiger partial charge in [0.1, 0.15) is 17.6 Å².